The molecule has 1 aliphatic heterocycles. The molecule has 0 unspecified atom stereocenters. The smallest absolute Gasteiger partial charge is 0.376 e. The highest BCUT2D eigenvalue weighted by atomic mass is 79.9. The number of hydrogen-bond donors (Lipinski definition) is 0. The molecule has 0 N–H and O–H groups in total. The van der Waals surface area contributed by atoms with Crippen LogP contribution in [0.3, 0.4) is 0 Å². The summed E-state index contributed by atoms with van der Waals surface area (Å²) in [6.45, 7) is 1.53. The minimum Gasteiger partial charge on any atom is -0.376 e. The summed E-state index contributed by atoms with van der Waals surface area (Å²) in [5.41, 5.74) is -0.654. The molecular weight excluding hydrogens is 457 g/mol. The fraction of sp³-hybridized carbons (Fsp3) is 0.429. The van der Waals surface area contributed by atoms with E-state index in [1.165, 1.54) is 12.1 Å². The second-order valence-electron chi connectivity index (χ2n) is 7.55. The van der Waals surface area contributed by atoms with Crippen molar-refractivity contribution < 1.29 is 26.7 Å². The summed E-state index contributed by atoms with van der Waals surface area (Å²) < 4.78 is 73.1. The molecule has 2 nitrogen and oxygen atoms in total. The average Bonchev–Trinajstić information content (AvgIpc) is 2.62. The van der Waals surface area contributed by atoms with Gasteiger partial charge in [0.15, 0.2) is 0 Å². The molecule has 0 atom stereocenters. The maximum Gasteiger partial charge on any atom is 0.416 e. The van der Waals surface area contributed by atoms with Crippen molar-refractivity contribution in [2.75, 3.05) is 26.7 Å². The molecule has 1 aliphatic rings. The second kappa shape index (κ2) is 8.70. The molecule has 0 amide bonds. The third-order valence-electron chi connectivity index (χ3n) is 5.38. The van der Waals surface area contributed by atoms with Gasteiger partial charge in [0.1, 0.15) is 11.6 Å². The molecule has 0 aliphatic carbocycles. The maximum atomic E-state index is 14.5. The Morgan fingerprint density at radius 1 is 1.07 bits per heavy atom. The predicted octanol–water partition coefficient (Wildman–Crippen LogP) is 5.93. The van der Waals surface area contributed by atoms with Gasteiger partial charge in [0, 0.05) is 16.0 Å². The first-order valence-corrected chi connectivity index (χ1v) is 9.97. The van der Waals surface area contributed by atoms with E-state index >= 15 is 0 Å². The first-order chi connectivity index (χ1) is 13.6. The molecule has 29 heavy (non-hydrogen) atoms. The van der Waals surface area contributed by atoms with Crippen molar-refractivity contribution in [3.8, 4) is 0 Å². The van der Waals surface area contributed by atoms with Crippen LogP contribution in [0.4, 0.5) is 22.0 Å². The molecule has 8 heteroatoms. The van der Waals surface area contributed by atoms with Gasteiger partial charge in [-0.15, -0.1) is 0 Å². The maximum absolute atomic E-state index is 14.5. The fourth-order valence-electron chi connectivity index (χ4n) is 3.72. The van der Waals surface area contributed by atoms with Crippen LogP contribution in [-0.4, -0.2) is 31.6 Å². The van der Waals surface area contributed by atoms with Crippen molar-refractivity contribution in [1.29, 1.82) is 0 Å². The summed E-state index contributed by atoms with van der Waals surface area (Å²) >= 11 is 3.10. The summed E-state index contributed by atoms with van der Waals surface area (Å²) in [6.07, 6.45) is -3.23. The van der Waals surface area contributed by atoms with Crippen LogP contribution in [0.1, 0.15) is 29.5 Å². The molecule has 0 radical (unpaired) electrons. The normalized spacial score (nSPS) is 17.5. The monoisotopic (exact) mass is 477 g/mol. The SMILES string of the molecule is CN1CCC(COCc2cc(Br)cc(C(F)(F)F)c2)(c2ccc(F)cc2F)CC1. The summed E-state index contributed by atoms with van der Waals surface area (Å²) in [5, 5.41) is 0. The molecule has 0 spiro atoms. The van der Waals surface area contributed by atoms with Crippen LogP contribution in [0.25, 0.3) is 0 Å². The van der Waals surface area contributed by atoms with E-state index in [2.05, 4.69) is 20.8 Å². The van der Waals surface area contributed by atoms with Gasteiger partial charge < -0.3 is 9.64 Å². The lowest BCUT2D eigenvalue weighted by molar-refractivity contribution is -0.137. The summed E-state index contributed by atoms with van der Waals surface area (Å²) in [4.78, 5) is 2.11. The number of ether oxygens (including phenoxy) is 1. The number of alkyl halides is 3. The van der Waals surface area contributed by atoms with E-state index in [1.54, 1.807) is 6.07 Å². The lowest BCUT2D eigenvalue weighted by Gasteiger charge is -2.41. The molecule has 3 rings (SSSR count). The number of likely N-dealkylation sites (tertiary alicyclic amines) is 1. The Bertz CT molecular complexity index is 863. The van der Waals surface area contributed by atoms with Crippen LogP contribution in [0.5, 0.6) is 0 Å². The second-order valence-corrected chi connectivity index (χ2v) is 8.46. The van der Waals surface area contributed by atoms with Crippen molar-refractivity contribution in [2.24, 2.45) is 0 Å². The van der Waals surface area contributed by atoms with Gasteiger partial charge >= 0.3 is 6.18 Å². The Hall–Kier alpha value is -1.51. The number of nitrogens with zero attached hydrogens (tertiary/aromatic N) is 1. The molecule has 2 aromatic rings. The van der Waals surface area contributed by atoms with Crippen molar-refractivity contribution >= 4 is 15.9 Å². The zero-order valence-electron chi connectivity index (χ0n) is 15.8. The molecule has 0 bridgehead atoms. The number of piperidine rings is 1. The van der Waals surface area contributed by atoms with Crippen LogP contribution in [0.2, 0.25) is 0 Å². The van der Waals surface area contributed by atoms with Crippen LogP contribution < -0.4 is 0 Å². The van der Waals surface area contributed by atoms with Crippen molar-refractivity contribution in [1.82, 2.24) is 4.90 Å². The minimum absolute atomic E-state index is 0.0388. The van der Waals surface area contributed by atoms with Crippen molar-refractivity contribution in [2.45, 2.75) is 31.0 Å². The van der Waals surface area contributed by atoms with Gasteiger partial charge in [-0.1, -0.05) is 22.0 Å². The summed E-state index contributed by atoms with van der Waals surface area (Å²) in [6, 6.07) is 7.15. The Balaban J connectivity index is 1.79. The molecule has 1 fully saturated rings. The van der Waals surface area contributed by atoms with Gasteiger partial charge in [-0.3, -0.25) is 0 Å². The zero-order chi connectivity index (χ0) is 21.2. The largest absolute Gasteiger partial charge is 0.416 e. The molecule has 0 aromatic heterocycles. The van der Waals surface area contributed by atoms with Crippen LogP contribution in [-0.2, 0) is 22.9 Å². The third-order valence-corrected chi connectivity index (χ3v) is 5.84. The fourth-order valence-corrected chi connectivity index (χ4v) is 4.26. The van der Waals surface area contributed by atoms with Crippen molar-refractivity contribution in [3.05, 3.63) is 69.2 Å². The van der Waals surface area contributed by atoms with E-state index < -0.39 is 28.8 Å². The Labute approximate surface area is 174 Å². The Morgan fingerprint density at radius 2 is 1.76 bits per heavy atom. The van der Waals surface area contributed by atoms with Crippen LogP contribution in [0.15, 0.2) is 40.9 Å². The number of rotatable bonds is 5. The third kappa shape index (κ3) is 5.35. The molecule has 1 heterocycles. The van der Waals surface area contributed by atoms with Gasteiger partial charge in [0.2, 0.25) is 0 Å². The van der Waals surface area contributed by atoms with Gasteiger partial charge in [0.05, 0.1) is 18.8 Å². The van der Waals surface area contributed by atoms with Gasteiger partial charge in [-0.2, -0.15) is 13.2 Å². The first-order valence-electron chi connectivity index (χ1n) is 9.18. The Kier molecular flexibility index (Phi) is 6.65. The summed E-state index contributed by atoms with van der Waals surface area (Å²) in [7, 11) is 1.96. The Morgan fingerprint density at radius 3 is 2.38 bits per heavy atom. The molecular formula is C21H21BrF5NO. The van der Waals surface area contributed by atoms with E-state index in [9.17, 15) is 22.0 Å². The lowest BCUT2D eigenvalue weighted by Crippen LogP contribution is -2.44. The molecule has 1 saturated heterocycles. The van der Waals surface area contributed by atoms with E-state index in [0.717, 1.165) is 31.3 Å². The van der Waals surface area contributed by atoms with Gasteiger partial charge in [0.25, 0.3) is 0 Å². The summed E-state index contributed by atoms with van der Waals surface area (Å²) in [5.74, 6) is -1.27. The highest BCUT2D eigenvalue weighted by molar-refractivity contribution is 9.10. The van der Waals surface area contributed by atoms with E-state index in [0.29, 0.717) is 28.4 Å². The zero-order valence-corrected chi connectivity index (χ0v) is 17.4. The lowest BCUT2D eigenvalue weighted by atomic mass is 9.73. The van der Waals surface area contributed by atoms with Crippen LogP contribution >= 0.6 is 15.9 Å². The topological polar surface area (TPSA) is 12.5 Å². The predicted molar refractivity (Wildman–Crippen MR) is 104 cm³/mol. The quantitative estimate of drug-likeness (QED) is 0.495. The average molecular weight is 478 g/mol. The van der Waals surface area contributed by atoms with Crippen LogP contribution in [0, 0.1) is 11.6 Å². The van der Waals surface area contributed by atoms with Crippen molar-refractivity contribution in [3.63, 3.8) is 0 Å². The van der Waals surface area contributed by atoms with E-state index in [1.807, 2.05) is 7.05 Å². The number of benzene rings is 2. The minimum atomic E-state index is -4.45. The highest BCUT2D eigenvalue weighted by Crippen LogP contribution is 2.38. The molecule has 158 valence electrons. The first kappa shape index (κ1) is 22.2. The standard InChI is InChI=1S/C21H21BrF5NO/c1-28-6-4-20(5-7-28,18-3-2-17(23)11-19(18)24)13-29-12-14-8-15(21(25,26)27)10-16(22)9-14/h2-3,8-11H,4-7,12-13H2,1H3. The highest BCUT2D eigenvalue weighted by Gasteiger charge is 2.38. The molecule has 2 aromatic carbocycles. The van der Waals surface area contributed by atoms with Gasteiger partial charge in [-0.25, -0.2) is 8.78 Å². The molecule has 0 saturated carbocycles. The van der Waals surface area contributed by atoms with Gasteiger partial charge in [-0.05, 0) is 68.4 Å². The van der Waals surface area contributed by atoms with E-state index in [4.69, 9.17) is 4.74 Å². The number of halogens is 6. The van der Waals surface area contributed by atoms with E-state index in [-0.39, 0.29) is 13.2 Å². The number of hydrogen-bond acceptors (Lipinski definition) is 2.